The van der Waals surface area contributed by atoms with Crippen LogP contribution in [0.3, 0.4) is 0 Å². The lowest BCUT2D eigenvalue weighted by Crippen LogP contribution is -2.33. The maximum absolute atomic E-state index is 6.98. The fourth-order valence-corrected chi connectivity index (χ4v) is 7.19. The number of halogens is 2. The van der Waals surface area contributed by atoms with Crippen LogP contribution in [0.15, 0.2) is 66.9 Å². The Balaban J connectivity index is 1.45. The molecule has 6 rings (SSSR count). The van der Waals surface area contributed by atoms with E-state index in [1.54, 1.807) is 0 Å². The fraction of sp³-hybridized carbons (Fsp3) is 0.333. The van der Waals surface area contributed by atoms with Gasteiger partial charge in [0.15, 0.2) is 5.11 Å². The van der Waals surface area contributed by atoms with Gasteiger partial charge in [0.1, 0.15) is 0 Å². The summed E-state index contributed by atoms with van der Waals surface area (Å²) in [6.45, 7) is 10.8. The van der Waals surface area contributed by atoms with Gasteiger partial charge in [0.25, 0.3) is 0 Å². The molecule has 0 aliphatic carbocycles. The van der Waals surface area contributed by atoms with Gasteiger partial charge in [-0.25, -0.2) is 0 Å². The Morgan fingerprint density at radius 1 is 0.927 bits per heavy atom. The summed E-state index contributed by atoms with van der Waals surface area (Å²) in [5.41, 5.74) is 8.69. The summed E-state index contributed by atoms with van der Waals surface area (Å²) in [5.74, 6) is 0.760. The molecule has 0 bridgehead atoms. The number of rotatable bonds is 5. The summed E-state index contributed by atoms with van der Waals surface area (Å²) in [6, 6.07) is 20.4. The Morgan fingerprint density at radius 2 is 1.71 bits per heavy atom. The van der Waals surface area contributed by atoms with Crippen molar-refractivity contribution in [1.29, 1.82) is 0 Å². The minimum absolute atomic E-state index is 0.130. The molecule has 2 aromatic carbocycles. The van der Waals surface area contributed by atoms with E-state index >= 15 is 0 Å². The number of piperidine rings is 1. The van der Waals surface area contributed by atoms with Gasteiger partial charge in [-0.1, -0.05) is 42.3 Å². The first-order valence-corrected chi connectivity index (χ1v) is 15.4. The lowest BCUT2D eigenvalue weighted by atomic mass is 9.96. The zero-order valence-corrected chi connectivity index (χ0v) is 26.2. The first-order chi connectivity index (χ1) is 19.7. The second-order valence-corrected chi connectivity index (χ2v) is 12.6. The molecule has 212 valence electrons. The average Bonchev–Trinajstić information content (AvgIpc) is 3.45. The SMILES string of the molecule is Cc1ccc(Cl)cc1-n1c(C)cc(C2C(c3ccccn3)NC(=S)N2c2ccc(N3CCC(C)CC3)c(Cl)c2)c1C. The van der Waals surface area contributed by atoms with Crippen LogP contribution in [0.2, 0.25) is 10.0 Å². The molecule has 2 saturated heterocycles. The average molecular weight is 605 g/mol. The van der Waals surface area contributed by atoms with Crippen LogP contribution in [0.5, 0.6) is 0 Å². The predicted octanol–water partition coefficient (Wildman–Crippen LogP) is 8.52. The fourth-order valence-electron chi connectivity index (χ4n) is 6.38. The van der Waals surface area contributed by atoms with Crippen LogP contribution in [-0.4, -0.2) is 27.8 Å². The van der Waals surface area contributed by atoms with E-state index in [-0.39, 0.29) is 12.1 Å². The second kappa shape index (κ2) is 11.3. The van der Waals surface area contributed by atoms with Gasteiger partial charge in [0.2, 0.25) is 0 Å². The maximum Gasteiger partial charge on any atom is 0.174 e. The summed E-state index contributed by atoms with van der Waals surface area (Å²) < 4.78 is 2.29. The van der Waals surface area contributed by atoms with Crippen LogP contribution in [-0.2, 0) is 0 Å². The molecule has 2 atom stereocenters. The molecule has 2 unspecified atom stereocenters. The van der Waals surface area contributed by atoms with E-state index in [4.69, 9.17) is 40.4 Å². The summed E-state index contributed by atoms with van der Waals surface area (Å²) in [7, 11) is 0. The molecule has 0 spiro atoms. The topological polar surface area (TPSA) is 36.3 Å². The molecule has 8 heteroatoms. The molecule has 2 fully saturated rings. The van der Waals surface area contributed by atoms with Gasteiger partial charge < -0.3 is 19.7 Å². The molecule has 0 saturated carbocycles. The number of thiocarbonyl (C=S) groups is 1. The number of anilines is 2. The molecular weight excluding hydrogens is 569 g/mol. The summed E-state index contributed by atoms with van der Waals surface area (Å²) in [4.78, 5) is 9.35. The smallest absolute Gasteiger partial charge is 0.174 e. The molecule has 1 N–H and O–H groups in total. The van der Waals surface area contributed by atoms with E-state index < -0.39 is 0 Å². The Hall–Kier alpha value is -3.06. The molecular formula is C33H35Cl2N5S. The number of aromatic nitrogens is 2. The van der Waals surface area contributed by atoms with E-state index in [2.05, 4.69) is 83.8 Å². The number of pyridine rings is 1. The third-order valence-corrected chi connectivity index (χ3v) is 9.49. The molecule has 0 amide bonds. The normalized spacial score (nSPS) is 19.6. The number of hydrogen-bond donors (Lipinski definition) is 1. The highest BCUT2D eigenvalue weighted by Crippen LogP contribution is 2.45. The van der Waals surface area contributed by atoms with Crippen molar-refractivity contribution >= 4 is 51.9 Å². The van der Waals surface area contributed by atoms with Crippen molar-refractivity contribution in [3.8, 4) is 5.69 Å². The molecule has 4 aromatic rings. The van der Waals surface area contributed by atoms with Gasteiger partial charge in [-0.3, -0.25) is 4.98 Å². The van der Waals surface area contributed by atoms with E-state index in [9.17, 15) is 0 Å². The van der Waals surface area contributed by atoms with Crippen LogP contribution in [0.4, 0.5) is 11.4 Å². The number of aryl methyl sites for hydroxylation is 2. The van der Waals surface area contributed by atoms with Crippen molar-refractivity contribution in [3.63, 3.8) is 0 Å². The van der Waals surface area contributed by atoms with Crippen molar-refractivity contribution in [3.05, 3.63) is 105 Å². The highest BCUT2D eigenvalue weighted by Gasteiger charge is 2.42. The highest BCUT2D eigenvalue weighted by atomic mass is 35.5. The van der Waals surface area contributed by atoms with Gasteiger partial charge in [-0.2, -0.15) is 0 Å². The van der Waals surface area contributed by atoms with Gasteiger partial charge in [-0.05, 0) is 111 Å². The Labute approximate surface area is 258 Å². The molecule has 2 aromatic heterocycles. The van der Waals surface area contributed by atoms with E-state index in [1.165, 1.54) is 18.4 Å². The van der Waals surface area contributed by atoms with Crippen molar-refractivity contribution in [1.82, 2.24) is 14.9 Å². The van der Waals surface area contributed by atoms with Gasteiger partial charge >= 0.3 is 0 Å². The Bertz CT molecular complexity index is 1590. The van der Waals surface area contributed by atoms with Crippen molar-refractivity contribution in [2.45, 2.75) is 52.6 Å². The predicted molar refractivity (Wildman–Crippen MR) is 175 cm³/mol. The minimum atomic E-state index is -0.139. The largest absolute Gasteiger partial charge is 0.370 e. The number of benzene rings is 2. The lowest BCUT2D eigenvalue weighted by molar-refractivity contribution is 0.438. The lowest BCUT2D eigenvalue weighted by Gasteiger charge is -2.33. The summed E-state index contributed by atoms with van der Waals surface area (Å²) >= 11 is 19.4. The van der Waals surface area contributed by atoms with E-state index in [0.717, 1.165) is 63.7 Å². The Morgan fingerprint density at radius 3 is 2.41 bits per heavy atom. The molecule has 0 radical (unpaired) electrons. The highest BCUT2D eigenvalue weighted by molar-refractivity contribution is 7.80. The molecule has 2 aliphatic rings. The third-order valence-electron chi connectivity index (χ3n) is 8.63. The monoisotopic (exact) mass is 603 g/mol. The number of hydrogen-bond acceptors (Lipinski definition) is 3. The van der Waals surface area contributed by atoms with Crippen molar-refractivity contribution in [2.24, 2.45) is 5.92 Å². The standard InChI is InChI=1S/C33H35Cl2N5S/c1-20-12-15-38(16-13-20)29-11-10-25(19-27(29)35)40-32(31(37-33(40)41)28-7-5-6-14-36-28)26-17-22(3)39(23(26)4)30-18-24(34)9-8-21(30)2/h5-11,14,17-20,31-32H,12-13,15-16H2,1-4H3,(H,37,41). The van der Waals surface area contributed by atoms with Crippen LogP contribution >= 0.6 is 35.4 Å². The van der Waals surface area contributed by atoms with Gasteiger partial charge in [0, 0.05) is 47.1 Å². The van der Waals surface area contributed by atoms with Gasteiger partial charge in [0.05, 0.1) is 28.5 Å². The van der Waals surface area contributed by atoms with Crippen molar-refractivity contribution in [2.75, 3.05) is 22.9 Å². The third kappa shape index (κ3) is 5.22. The Kier molecular flexibility index (Phi) is 7.75. The van der Waals surface area contributed by atoms with Crippen LogP contribution in [0, 0.1) is 26.7 Å². The second-order valence-electron chi connectivity index (χ2n) is 11.4. The number of nitrogens with zero attached hydrogens (tertiary/aromatic N) is 4. The number of nitrogens with one attached hydrogen (secondary N) is 1. The first kappa shape index (κ1) is 28.1. The van der Waals surface area contributed by atoms with E-state index in [0.29, 0.717) is 10.1 Å². The summed E-state index contributed by atoms with van der Waals surface area (Å²) in [5, 5.41) is 5.72. The zero-order valence-electron chi connectivity index (χ0n) is 23.9. The summed E-state index contributed by atoms with van der Waals surface area (Å²) in [6.07, 6.45) is 4.21. The minimum Gasteiger partial charge on any atom is -0.370 e. The van der Waals surface area contributed by atoms with Crippen LogP contribution in [0.1, 0.15) is 60.1 Å². The quantitative estimate of drug-likeness (QED) is 0.231. The molecule has 5 nitrogen and oxygen atoms in total. The van der Waals surface area contributed by atoms with Crippen molar-refractivity contribution < 1.29 is 0 Å². The van der Waals surface area contributed by atoms with E-state index in [1.807, 2.05) is 30.5 Å². The van der Waals surface area contributed by atoms with Crippen LogP contribution in [0.25, 0.3) is 5.69 Å². The zero-order chi connectivity index (χ0) is 28.8. The molecule has 41 heavy (non-hydrogen) atoms. The maximum atomic E-state index is 6.98. The first-order valence-electron chi connectivity index (χ1n) is 14.2. The molecule has 2 aliphatic heterocycles. The van der Waals surface area contributed by atoms with Gasteiger partial charge in [-0.15, -0.1) is 0 Å². The molecule has 4 heterocycles. The van der Waals surface area contributed by atoms with Crippen LogP contribution < -0.4 is 15.1 Å².